The lowest BCUT2D eigenvalue weighted by atomic mass is 10.2. The molecule has 0 radical (unpaired) electrons. The number of hydrogen-bond donors (Lipinski definition) is 2. The number of benzene rings is 1. The van der Waals surface area contributed by atoms with Crippen LogP contribution in [0.15, 0.2) is 24.3 Å². The number of nitrogen functional groups attached to an aromatic ring is 1. The number of nitrogens with zero attached hydrogens (tertiary/aromatic N) is 1. The van der Waals surface area contributed by atoms with E-state index in [1.807, 2.05) is 24.3 Å². The molecule has 1 heterocycles. The van der Waals surface area contributed by atoms with Crippen LogP contribution in [0.2, 0.25) is 0 Å². The van der Waals surface area contributed by atoms with Crippen molar-refractivity contribution in [3.8, 4) is 0 Å². The van der Waals surface area contributed by atoms with E-state index in [1.165, 1.54) is 10.6 Å². The fraction of sp³-hybridized carbons (Fsp3) is 0.455. The second-order valence-corrected chi connectivity index (χ2v) is 6.36. The third kappa shape index (κ3) is 3.10. The Hall–Kier alpha value is -1.27. The predicted molar refractivity (Wildman–Crippen MR) is 69.3 cm³/mol. The molecule has 1 aromatic rings. The normalized spacial score (nSPS) is 21.6. The lowest BCUT2D eigenvalue weighted by molar-refractivity contribution is 0.480. The quantitative estimate of drug-likeness (QED) is 0.780. The molecule has 1 atom stereocenters. The van der Waals surface area contributed by atoms with Gasteiger partial charge in [0.05, 0.1) is 6.26 Å². The van der Waals surface area contributed by atoms with Crippen molar-refractivity contribution in [1.82, 2.24) is 4.31 Å². The molecule has 0 aliphatic carbocycles. The molecule has 1 aliphatic heterocycles. The molecule has 5 nitrogen and oxygen atoms in total. The van der Waals surface area contributed by atoms with Crippen LogP contribution in [0, 0.1) is 0 Å². The fourth-order valence-electron chi connectivity index (χ4n) is 1.96. The molecule has 1 unspecified atom stereocenters. The number of rotatable bonds is 3. The summed E-state index contributed by atoms with van der Waals surface area (Å²) >= 11 is 0. The van der Waals surface area contributed by atoms with Gasteiger partial charge in [0.1, 0.15) is 0 Å². The smallest absolute Gasteiger partial charge is 0.211 e. The zero-order valence-electron chi connectivity index (χ0n) is 9.76. The minimum absolute atomic E-state index is 0.174. The van der Waals surface area contributed by atoms with E-state index in [4.69, 9.17) is 5.73 Å². The Morgan fingerprint density at radius 2 is 2.00 bits per heavy atom. The van der Waals surface area contributed by atoms with E-state index in [2.05, 4.69) is 5.32 Å². The maximum Gasteiger partial charge on any atom is 0.211 e. The van der Waals surface area contributed by atoms with Gasteiger partial charge in [-0.15, -0.1) is 0 Å². The van der Waals surface area contributed by atoms with Crippen molar-refractivity contribution in [1.29, 1.82) is 0 Å². The van der Waals surface area contributed by atoms with Crippen LogP contribution in [0.5, 0.6) is 0 Å². The second-order valence-electron chi connectivity index (χ2n) is 4.37. The summed E-state index contributed by atoms with van der Waals surface area (Å²) in [6, 6.07) is 7.63. The van der Waals surface area contributed by atoms with Gasteiger partial charge < -0.3 is 11.1 Å². The molecule has 0 saturated carbocycles. The van der Waals surface area contributed by atoms with E-state index in [-0.39, 0.29) is 6.04 Å². The van der Waals surface area contributed by atoms with Crippen LogP contribution >= 0.6 is 0 Å². The molecular weight excluding hydrogens is 238 g/mol. The van der Waals surface area contributed by atoms with E-state index >= 15 is 0 Å². The Labute approximate surface area is 102 Å². The standard InChI is InChI=1S/C11H17N3O2S/c1-17(15,16)14-7-6-11(8-14)13-10-4-2-9(12)3-5-10/h2-5,11,13H,6-8,12H2,1H3. The molecule has 0 amide bonds. The maximum absolute atomic E-state index is 11.4. The van der Waals surface area contributed by atoms with E-state index in [0.29, 0.717) is 13.1 Å². The zero-order valence-corrected chi connectivity index (χ0v) is 10.6. The van der Waals surface area contributed by atoms with Crippen LogP contribution in [0.1, 0.15) is 6.42 Å². The third-order valence-corrected chi connectivity index (χ3v) is 4.17. The Morgan fingerprint density at radius 1 is 1.35 bits per heavy atom. The van der Waals surface area contributed by atoms with Crippen molar-refractivity contribution in [3.63, 3.8) is 0 Å². The molecule has 0 aromatic heterocycles. The molecule has 17 heavy (non-hydrogen) atoms. The highest BCUT2D eigenvalue weighted by molar-refractivity contribution is 7.88. The van der Waals surface area contributed by atoms with Gasteiger partial charge >= 0.3 is 0 Å². The van der Waals surface area contributed by atoms with Crippen molar-refractivity contribution in [2.45, 2.75) is 12.5 Å². The van der Waals surface area contributed by atoms with Crippen LogP contribution in [-0.2, 0) is 10.0 Å². The maximum atomic E-state index is 11.4. The highest BCUT2D eigenvalue weighted by atomic mass is 32.2. The molecular formula is C11H17N3O2S. The van der Waals surface area contributed by atoms with Crippen molar-refractivity contribution in [2.24, 2.45) is 0 Å². The minimum Gasteiger partial charge on any atom is -0.399 e. The molecule has 0 spiro atoms. The Morgan fingerprint density at radius 3 is 2.53 bits per heavy atom. The molecule has 1 saturated heterocycles. The average molecular weight is 255 g/mol. The van der Waals surface area contributed by atoms with E-state index in [9.17, 15) is 8.42 Å². The zero-order chi connectivity index (χ0) is 12.5. The van der Waals surface area contributed by atoms with Gasteiger partial charge in [-0.2, -0.15) is 0 Å². The molecule has 3 N–H and O–H groups in total. The highest BCUT2D eigenvalue weighted by Crippen LogP contribution is 2.18. The van der Waals surface area contributed by atoms with Crippen molar-refractivity contribution < 1.29 is 8.42 Å². The number of nitrogens with one attached hydrogen (secondary N) is 1. The second kappa shape index (κ2) is 4.54. The highest BCUT2D eigenvalue weighted by Gasteiger charge is 2.28. The van der Waals surface area contributed by atoms with Crippen LogP contribution in [0.25, 0.3) is 0 Å². The summed E-state index contributed by atoms with van der Waals surface area (Å²) in [6.07, 6.45) is 2.08. The Bertz CT molecular complexity index is 484. The molecule has 6 heteroatoms. The third-order valence-electron chi connectivity index (χ3n) is 2.90. The summed E-state index contributed by atoms with van der Waals surface area (Å²) in [5.74, 6) is 0. The van der Waals surface area contributed by atoms with Gasteiger partial charge in [-0.1, -0.05) is 0 Å². The fourth-order valence-corrected chi connectivity index (χ4v) is 2.85. The number of hydrogen-bond acceptors (Lipinski definition) is 4. The van der Waals surface area contributed by atoms with Crippen LogP contribution in [0.4, 0.5) is 11.4 Å². The van der Waals surface area contributed by atoms with Gasteiger partial charge in [0.25, 0.3) is 0 Å². The summed E-state index contributed by atoms with van der Waals surface area (Å²) in [5.41, 5.74) is 7.29. The van der Waals surface area contributed by atoms with Gasteiger partial charge in [-0.3, -0.25) is 0 Å². The van der Waals surface area contributed by atoms with Crippen LogP contribution in [-0.4, -0.2) is 38.1 Å². The summed E-state index contributed by atoms with van der Waals surface area (Å²) < 4.78 is 24.2. The first kappa shape index (κ1) is 12.2. The van der Waals surface area contributed by atoms with Gasteiger partial charge in [0.15, 0.2) is 0 Å². The lowest BCUT2D eigenvalue weighted by Gasteiger charge is -2.15. The first-order valence-electron chi connectivity index (χ1n) is 5.52. The van der Waals surface area contributed by atoms with Crippen LogP contribution in [0.3, 0.4) is 0 Å². The van der Waals surface area contributed by atoms with E-state index < -0.39 is 10.0 Å². The topological polar surface area (TPSA) is 75.4 Å². The molecule has 94 valence electrons. The average Bonchev–Trinajstić information content (AvgIpc) is 2.69. The lowest BCUT2D eigenvalue weighted by Crippen LogP contribution is -2.30. The summed E-state index contributed by atoms with van der Waals surface area (Å²) in [4.78, 5) is 0. The first-order valence-corrected chi connectivity index (χ1v) is 7.37. The van der Waals surface area contributed by atoms with Gasteiger partial charge in [0.2, 0.25) is 10.0 Å². The SMILES string of the molecule is CS(=O)(=O)N1CCC(Nc2ccc(N)cc2)C1. The van der Waals surface area contributed by atoms with Crippen LogP contribution < -0.4 is 11.1 Å². The minimum atomic E-state index is -3.06. The predicted octanol–water partition coefficient (Wildman–Crippen LogP) is 0.715. The van der Waals surface area contributed by atoms with Crippen molar-refractivity contribution in [2.75, 3.05) is 30.4 Å². The van der Waals surface area contributed by atoms with Gasteiger partial charge in [0, 0.05) is 30.5 Å². The molecule has 2 rings (SSSR count). The molecule has 1 aromatic carbocycles. The van der Waals surface area contributed by atoms with Crippen molar-refractivity contribution in [3.05, 3.63) is 24.3 Å². The Kier molecular flexibility index (Phi) is 3.26. The largest absolute Gasteiger partial charge is 0.399 e. The number of sulfonamides is 1. The summed E-state index contributed by atoms with van der Waals surface area (Å²) in [7, 11) is -3.06. The molecule has 1 fully saturated rings. The monoisotopic (exact) mass is 255 g/mol. The summed E-state index contributed by atoms with van der Waals surface area (Å²) in [5, 5.41) is 3.31. The Balaban J connectivity index is 1.96. The number of nitrogens with two attached hydrogens (primary N) is 1. The van der Waals surface area contributed by atoms with Gasteiger partial charge in [-0.05, 0) is 30.7 Å². The van der Waals surface area contributed by atoms with E-state index in [1.54, 1.807) is 0 Å². The first-order chi connectivity index (χ1) is 7.95. The van der Waals surface area contributed by atoms with E-state index in [0.717, 1.165) is 17.8 Å². The summed E-state index contributed by atoms with van der Waals surface area (Å²) in [6.45, 7) is 1.12. The molecule has 1 aliphatic rings. The number of anilines is 2. The van der Waals surface area contributed by atoms with Gasteiger partial charge in [-0.25, -0.2) is 12.7 Å². The van der Waals surface area contributed by atoms with Crippen molar-refractivity contribution >= 4 is 21.4 Å². The molecule has 0 bridgehead atoms.